The molecule has 0 aromatic rings. The molecule has 24 heavy (non-hydrogen) atoms. The Kier molecular flexibility index (Phi) is 10.5. The van der Waals surface area contributed by atoms with Crippen molar-refractivity contribution < 1.29 is 4.74 Å². The van der Waals surface area contributed by atoms with Gasteiger partial charge >= 0.3 is 0 Å². The van der Waals surface area contributed by atoms with Gasteiger partial charge in [0.25, 0.3) is 0 Å². The Labute approximate surface area is 165 Å². The van der Waals surface area contributed by atoms with E-state index in [9.17, 15) is 0 Å². The van der Waals surface area contributed by atoms with Gasteiger partial charge in [-0.2, -0.15) is 0 Å². The molecule has 1 aliphatic carbocycles. The lowest BCUT2D eigenvalue weighted by Crippen LogP contribution is -2.59. The van der Waals surface area contributed by atoms with E-state index in [0.29, 0.717) is 12.1 Å². The van der Waals surface area contributed by atoms with Crippen LogP contribution in [-0.2, 0) is 4.74 Å². The van der Waals surface area contributed by atoms with Crippen LogP contribution in [0.25, 0.3) is 0 Å². The number of nitrogens with zero attached hydrogens (tertiary/aromatic N) is 2. The molecule has 2 fully saturated rings. The molecule has 0 aromatic heterocycles. The van der Waals surface area contributed by atoms with Gasteiger partial charge < -0.3 is 15.4 Å². The Hall–Kier alpha value is -0.0800. The van der Waals surface area contributed by atoms with Crippen molar-refractivity contribution in [2.45, 2.75) is 69.9 Å². The molecule has 1 saturated heterocycles. The first-order valence-corrected chi connectivity index (χ1v) is 9.41. The summed E-state index contributed by atoms with van der Waals surface area (Å²) in [5, 5.41) is 7.03. The maximum Gasteiger partial charge on any atom is 0.191 e. The summed E-state index contributed by atoms with van der Waals surface area (Å²) in [7, 11) is 3.59. The van der Waals surface area contributed by atoms with Gasteiger partial charge in [-0.15, -0.1) is 24.0 Å². The van der Waals surface area contributed by atoms with Crippen LogP contribution in [0.2, 0.25) is 0 Å². The molecular formula is C18H37IN4O. The molecule has 2 rings (SSSR count). The maximum atomic E-state index is 5.20. The minimum atomic E-state index is 0. The van der Waals surface area contributed by atoms with E-state index in [0.717, 1.165) is 12.5 Å². The average Bonchev–Trinajstić information content (AvgIpc) is 2.60. The van der Waals surface area contributed by atoms with E-state index < -0.39 is 0 Å². The fourth-order valence-electron chi connectivity index (χ4n) is 4.15. The van der Waals surface area contributed by atoms with Gasteiger partial charge in [0.05, 0.1) is 6.61 Å². The highest BCUT2D eigenvalue weighted by molar-refractivity contribution is 14.0. The van der Waals surface area contributed by atoms with Crippen LogP contribution in [0.4, 0.5) is 0 Å². The highest BCUT2D eigenvalue weighted by atomic mass is 127. The molecular weight excluding hydrogens is 415 g/mol. The number of likely N-dealkylation sites (tertiary alicyclic amines) is 1. The van der Waals surface area contributed by atoms with Gasteiger partial charge in [0, 0.05) is 32.3 Å². The predicted molar refractivity (Wildman–Crippen MR) is 112 cm³/mol. The molecule has 1 unspecified atom stereocenters. The molecule has 1 heterocycles. The molecule has 2 N–H and O–H groups in total. The number of rotatable bonds is 6. The van der Waals surface area contributed by atoms with Crippen molar-refractivity contribution in [1.82, 2.24) is 15.5 Å². The van der Waals surface area contributed by atoms with E-state index in [1.807, 2.05) is 7.05 Å². The second kappa shape index (κ2) is 11.5. The first-order chi connectivity index (χ1) is 11.2. The number of methoxy groups -OCH3 is 1. The third-order valence-corrected chi connectivity index (χ3v) is 5.42. The predicted octanol–water partition coefficient (Wildman–Crippen LogP) is 2.99. The molecule has 0 spiro atoms. The van der Waals surface area contributed by atoms with Crippen LogP contribution in [0.15, 0.2) is 4.99 Å². The highest BCUT2D eigenvalue weighted by Gasteiger charge is 2.38. The van der Waals surface area contributed by atoms with Gasteiger partial charge in [0.1, 0.15) is 0 Å². The largest absolute Gasteiger partial charge is 0.383 e. The van der Waals surface area contributed by atoms with Crippen LogP contribution < -0.4 is 10.6 Å². The Balaban J connectivity index is 0.00000288. The number of aliphatic imine (C=N–C) groups is 1. The van der Waals surface area contributed by atoms with Crippen molar-refractivity contribution >= 4 is 29.9 Å². The van der Waals surface area contributed by atoms with Crippen molar-refractivity contribution in [3.05, 3.63) is 0 Å². The second-order valence-corrected chi connectivity index (χ2v) is 7.26. The number of piperidine rings is 1. The molecule has 1 atom stereocenters. The summed E-state index contributed by atoms with van der Waals surface area (Å²) in [6, 6.07) is 0.267. The Bertz CT molecular complexity index is 366. The molecule has 0 aromatic carbocycles. The SMILES string of the molecule is CN=C(NCC1(N2CCCCC2)CCCCC1)NC(C)COC.I. The lowest BCUT2D eigenvalue weighted by molar-refractivity contribution is 0.0367. The van der Waals surface area contributed by atoms with E-state index in [1.54, 1.807) is 7.11 Å². The Morgan fingerprint density at radius 3 is 2.33 bits per heavy atom. The number of halogens is 1. The van der Waals surface area contributed by atoms with E-state index in [-0.39, 0.29) is 30.0 Å². The van der Waals surface area contributed by atoms with Gasteiger partial charge in [0.2, 0.25) is 0 Å². The average molecular weight is 452 g/mol. The molecule has 5 nitrogen and oxygen atoms in total. The smallest absolute Gasteiger partial charge is 0.191 e. The Morgan fingerprint density at radius 1 is 1.12 bits per heavy atom. The first kappa shape index (κ1) is 22.0. The van der Waals surface area contributed by atoms with Crippen LogP contribution >= 0.6 is 24.0 Å². The number of hydrogen-bond acceptors (Lipinski definition) is 3. The van der Waals surface area contributed by atoms with Gasteiger partial charge in [-0.25, -0.2) is 0 Å². The fourth-order valence-corrected chi connectivity index (χ4v) is 4.15. The normalized spacial score (nSPS) is 23.2. The summed E-state index contributed by atoms with van der Waals surface area (Å²) in [6.45, 7) is 6.36. The van der Waals surface area contributed by atoms with Crippen LogP contribution in [0.5, 0.6) is 0 Å². The molecule has 2 aliphatic rings. The summed E-state index contributed by atoms with van der Waals surface area (Å²) < 4.78 is 5.20. The third kappa shape index (κ3) is 6.33. The molecule has 0 radical (unpaired) electrons. The molecule has 6 heteroatoms. The summed E-state index contributed by atoms with van der Waals surface area (Å²) in [6.07, 6.45) is 10.9. The van der Waals surface area contributed by atoms with Gasteiger partial charge in [-0.3, -0.25) is 9.89 Å². The van der Waals surface area contributed by atoms with Crippen LogP contribution in [-0.4, -0.2) is 62.8 Å². The van der Waals surface area contributed by atoms with Crippen molar-refractivity contribution in [1.29, 1.82) is 0 Å². The quantitative estimate of drug-likeness (QED) is 0.370. The summed E-state index contributed by atoms with van der Waals surface area (Å²) >= 11 is 0. The van der Waals surface area contributed by atoms with E-state index in [2.05, 4.69) is 27.4 Å². The minimum Gasteiger partial charge on any atom is -0.383 e. The zero-order chi connectivity index (χ0) is 16.5. The fraction of sp³-hybridized carbons (Fsp3) is 0.944. The summed E-state index contributed by atoms with van der Waals surface area (Å²) in [5.41, 5.74) is 0.334. The maximum absolute atomic E-state index is 5.20. The Morgan fingerprint density at radius 2 is 1.75 bits per heavy atom. The minimum absolute atomic E-state index is 0. The van der Waals surface area contributed by atoms with Gasteiger partial charge in [-0.1, -0.05) is 25.7 Å². The van der Waals surface area contributed by atoms with E-state index in [4.69, 9.17) is 4.74 Å². The van der Waals surface area contributed by atoms with E-state index in [1.165, 1.54) is 64.5 Å². The van der Waals surface area contributed by atoms with Crippen molar-refractivity contribution in [3.8, 4) is 0 Å². The highest BCUT2D eigenvalue weighted by Crippen LogP contribution is 2.35. The summed E-state index contributed by atoms with van der Waals surface area (Å²) in [5.74, 6) is 0.900. The number of hydrogen-bond donors (Lipinski definition) is 2. The van der Waals surface area contributed by atoms with Gasteiger partial charge in [-0.05, 0) is 45.7 Å². The topological polar surface area (TPSA) is 48.9 Å². The zero-order valence-electron chi connectivity index (χ0n) is 15.8. The molecule has 0 bridgehead atoms. The second-order valence-electron chi connectivity index (χ2n) is 7.26. The van der Waals surface area contributed by atoms with Crippen LogP contribution in [0.3, 0.4) is 0 Å². The van der Waals surface area contributed by atoms with Crippen LogP contribution in [0, 0.1) is 0 Å². The monoisotopic (exact) mass is 452 g/mol. The molecule has 0 amide bonds. The zero-order valence-corrected chi connectivity index (χ0v) is 18.1. The lowest BCUT2D eigenvalue weighted by atomic mass is 9.79. The first-order valence-electron chi connectivity index (χ1n) is 9.41. The lowest BCUT2D eigenvalue weighted by Gasteiger charge is -2.48. The van der Waals surface area contributed by atoms with Crippen LogP contribution in [0.1, 0.15) is 58.3 Å². The third-order valence-electron chi connectivity index (χ3n) is 5.42. The van der Waals surface area contributed by atoms with Crippen molar-refractivity contribution in [2.75, 3.05) is 40.4 Å². The van der Waals surface area contributed by atoms with Gasteiger partial charge in [0.15, 0.2) is 5.96 Å². The molecule has 1 aliphatic heterocycles. The standard InChI is InChI=1S/C18H36N4O.HI/c1-16(14-23-3)21-17(19-2)20-15-18(10-6-4-7-11-18)22-12-8-5-9-13-22;/h16H,4-15H2,1-3H3,(H2,19,20,21);1H. The summed E-state index contributed by atoms with van der Waals surface area (Å²) in [4.78, 5) is 7.16. The van der Waals surface area contributed by atoms with Crippen molar-refractivity contribution in [3.63, 3.8) is 0 Å². The molecule has 1 saturated carbocycles. The molecule has 142 valence electrons. The number of nitrogens with one attached hydrogen (secondary N) is 2. The number of ether oxygens (including phenoxy) is 1. The van der Waals surface area contributed by atoms with E-state index >= 15 is 0 Å². The van der Waals surface area contributed by atoms with Crippen molar-refractivity contribution in [2.24, 2.45) is 4.99 Å². The number of guanidine groups is 1.